The van der Waals surface area contributed by atoms with Gasteiger partial charge < -0.3 is 10.4 Å². The van der Waals surface area contributed by atoms with Gasteiger partial charge in [0.25, 0.3) is 0 Å². The summed E-state index contributed by atoms with van der Waals surface area (Å²) in [6, 6.07) is 4.17. The lowest BCUT2D eigenvalue weighted by molar-refractivity contribution is 0.203. The Labute approximate surface area is 118 Å². The molecule has 2 heterocycles. The van der Waals surface area contributed by atoms with Crippen LogP contribution < -0.4 is 5.32 Å². The smallest absolute Gasteiger partial charge is 0.180 e. The third-order valence-corrected chi connectivity index (χ3v) is 4.06. The lowest BCUT2D eigenvalue weighted by Gasteiger charge is -2.25. The molecule has 0 saturated heterocycles. The summed E-state index contributed by atoms with van der Waals surface area (Å²) in [6.07, 6.45) is 9.17. The molecule has 2 atom stereocenters. The highest BCUT2D eigenvalue weighted by Gasteiger charge is 2.23. The molecule has 1 saturated carbocycles. The highest BCUT2D eigenvalue weighted by atomic mass is 16.3. The third kappa shape index (κ3) is 2.88. The number of hydrogen-bond donors (Lipinski definition) is 2. The third-order valence-electron chi connectivity index (χ3n) is 4.06. The van der Waals surface area contributed by atoms with Gasteiger partial charge in [-0.25, -0.2) is 9.97 Å². The van der Waals surface area contributed by atoms with Crippen molar-refractivity contribution < 1.29 is 5.11 Å². The van der Waals surface area contributed by atoms with Gasteiger partial charge in [0.2, 0.25) is 0 Å². The van der Waals surface area contributed by atoms with Gasteiger partial charge in [0.1, 0.15) is 11.3 Å². The molecule has 0 aliphatic heterocycles. The summed E-state index contributed by atoms with van der Waals surface area (Å²) >= 11 is 0. The van der Waals surface area contributed by atoms with Gasteiger partial charge in [-0.15, -0.1) is 0 Å². The first-order valence-electron chi connectivity index (χ1n) is 7.32. The Hall–Kier alpha value is -1.75. The Balaban J connectivity index is 1.80. The molecular weight excluding hydrogens is 252 g/mol. The molecule has 0 aromatic carbocycles. The Morgan fingerprint density at radius 1 is 1.10 bits per heavy atom. The summed E-state index contributed by atoms with van der Waals surface area (Å²) < 4.78 is 0. The fraction of sp³-hybridized carbons (Fsp3) is 0.533. The number of fused-ring (bicyclic) bond motifs is 1. The van der Waals surface area contributed by atoms with Crippen molar-refractivity contribution in [1.29, 1.82) is 0 Å². The summed E-state index contributed by atoms with van der Waals surface area (Å²) in [5.74, 6) is 1.14. The Kier molecular flexibility index (Phi) is 4.06. The van der Waals surface area contributed by atoms with Gasteiger partial charge in [0.05, 0.1) is 0 Å². The number of nitrogens with zero attached hydrogens (tertiary/aromatic N) is 3. The van der Waals surface area contributed by atoms with Crippen LogP contribution in [0, 0.1) is 5.92 Å². The maximum Gasteiger partial charge on any atom is 0.180 e. The summed E-state index contributed by atoms with van der Waals surface area (Å²) in [7, 11) is 0. The van der Waals surface area contributed by atoms with Crippen LogP contribution >= 0.6 is 0 Å². The van der Waals surface area contributed by atoms with Gasteiger partial charge >= 0.3 is 0 Å². The molecule has 5 nitrogen and oxygen atoms in total. The van der Waals surface area contributed by atoms with Crippen molar-refractivity contribution in [1.82, 2.24) is 15.0 Å². The molecule has 2 N–H and O–H groups in total. The van der Waals surface area contributed by atoms with Gasteiger partial charge in [-0.3, -0.25) is 4.98 Å². The van der Waals surface area contributed by atoms with Crippen molar-refractivity contribution in [3.8, 4) is 0 Å². The molecule has 20 heavy (non-hydrogen) atoms. The van der Waals surface area contributed by atoms with E-state index < -0.39 is 0 Å². The zero-order valence-electron chi connectivity index (χ0n) is 11.5. The fourth-order valence-electron chi connectivity index (χ4n) is 2.92. The summed E-state index contributed by atoms with van der Waals surface area (Å²) in [6.45, 7) is 0.241. The number of aromatic nitrogens is 3. The maximum atomic E-state index is 9.55. The standard InChI is InChI=1S/C15H20N4O/c20-10-11-4-2-1-3-5-12(11)18-14-7-6-13-15(19-14)17-9-8-16-13/h6-9,11-12,20H,1-5,10H2,(H,17,18,19)/t11-,12+/m1/s1. The normalized spacial score (nSPS) is 23.4. The van der Waals surface area contributed by atoms with E-state index in [0.717, 1.165) is 24.2 Å². The Morgan fingerprint density at radius 3 is 2.85 bits per heavy atom. The zero-order chi connectivity index (χ0) is 13.8. The number of aliphatic hydroxyl groups is 1. The number of aliphatic hydroxyl groups excluding tert-OH is 1. The van der Waals surface area contributed by atoms with E-state index in [1.54, 1.807) is 12.4 Å². The average molecular weight is 272 g/mol. The van der Waals surface area contributed by atoms with Gasteiger partial charge in [-0.05, 0) is 25.0 Å². The summed E-state index contributed by atoms with van der Waals surface area (Å²) in [5.41, 5.74) is 1.46. The molecule has 2 aromatic heterocycles. The highest BCUT2D eigenvalue weighted by Crippen LogP contribution is 2.25. The molecule has 0 spiro atoms. The number of anilines is 1. The minimum absolute atomic E-state index is 0.241. The second kappa shape index (κ2) is 6.13. The Morgan fingerprint density at radius 2 is 1.95 bits per heavy atom. The highest BCUT2D eigenvalue weighted by molar-refractivity contribution is 5.71. The minimum Gasteiger partial charge on any atom is -0.396 e. The van der Waals surface area contributed by atoms with E-state index in [0.29, 0.717) is 17.6 Å². The van der Waals surface area contributed by atoms with Crippen LogP contribution in [-0.2, 0) is 0 Å². The molecule has 0 radical (unpaired) electrons. The zero-order valence-corrected chi connectivity index (χ0v) is 11.5. The van der Waals surface area contributed by atoms with Crippen LogP contribution in [0.25, 0.3) is 11.2 Å². The molecule has 2 aromatic rings. The Bertz CT molecular complexity index is 575. The van der Waals surface area contributed by atoms with Crippen LogP contribution in [0.3, 0.4) is 0 Å². The monoisotopic (exact) mass is 272 g/mol. The van der Waals surface area contributed by atoms with Crippen molar-refractivity contribution in [3.63, 3.8) is 0 Å². The summed E-state index contributed by atoms with van der Waals surface area (Å²) in [5, 5.41) is 13.0. The van der Waals surface area contributed by atoms with Gasteiger partial charge in [-0.2, -0.15) is 0 Å². The largest absolute Gasteiger partial charge is 0.396 e. The lowest BCUT2D eigenvalue weighted by Crippen LogP contribution is -2.30. The van der Waals surface area contributed by atoms with Gasteiger partial charge in [0, 0.05) is 31.0 Å². The topological polar surface area (TPSA) is 70.9 Å². The van der Waals surface area contributed by atoms with Crippen molar-refractivity contribution >= 4 is 17.0 Å². The predicted octanol–water partition coefficient (Wildman–Crippen LogP) is 2.38. The minimum atomic E-state index is 0.241. The van der Waals surface area contributed by atoms with Crippen molar-refractivity contribution in [2.75, 3.05) is 11.9 Å². The van der Waals surface area contributed by atoms with Gasteiger partial charge in [-0.1, -0.05) is 19.3 Å². The number of nitrogens with one attached hydrogen (secondary N) is 1. The molecular formula is C15H20N4O. The quantitative estimate of drug-likeness (QED) is 0.839. The molecule has 5 heteroatoms. The lowest BCUT2D eigenvalue weighted by atomic mass is 9.95. The average Bonchev–Trinajstić information content (AvgIpc) is 2.72. The second-order valence-electron chi connectivity index (χ2n) is 5.43. The second-order valence-corrected chi connectivity index (χ2v) is 5.43. The molecule has 3 rings (SSSR count). The van der Waals surface area contributed by atoms with Gasteiger partial charge in [0.15, 0.2) is 5.65 Å². The van der Waals surface area contributed by atoms with E-state index in [1.165, 1.54) is 19.3 Å². The maximum absolute atomic E-state index is 9.55. The first kappa shape index (κ1) is 13.2. The number of pyridine rings is 1. The first-order valence-corrected chi connectivity index (χ1v) is 7.32. The first-order chi connectivity index (χ1) is 9.86. The van der Waals surface area contributed by atoms with E-state index in [1.807, 2.05) is 12.1 Å². The van der Waals surface area contributed by atoms with E-state index in [-0.39, 0.29) is 6.61 Å². The molecule has 106 valence electrons. The van der Waals surface area contributed by atoms with Crippen LogP contribution in [0.5, 0.6) is 0 Å². The number of rotatable bonds is 3. The van der Waals surface area contributed by atoms with Crippen LogP contribution in [0.1, 0.15) is 32.1 Å². The molecule has 1 fully saturated rings. The van der Waals surface area contributed by atoms with Crippen LogP contribution in [0.4, 0.5) is 5.82 Å². The van der Waals surface area contributed by atoms with Crippen LogP contribution in [0.2, 0.25) is 0 Å². The van der Waals surface area contributed by atoms with Crippen molar-refractivity contribution in [2.24, 2.45) is 5.92 Å². The number of hydrogen-bond acceptors (Lipinski definition) is 5. The molecule has 0 amide bonds. The van der Waals surface area contributed by atoms with E-state index in [2.05, 4.69) is 20.3 Å². The fourth-order valence-corrected chi connectivity index (χ4v) is 2.92. The van der Waals surface area contributed by atoms with E-state index in [9.17, 15) is 5.11 Å². The predicted molar refractivity (Wildman–Crippen MR) is 78.4 cm³/mol. The SMILES string of the molecule is OC[C@H]1CCCCC[C@@H]1Nc1ccc2nccnc2n1. The molecule has 0 bridgehead atoms. The van der Waals surface area contributed by atoms with Crippen molar-refractivity contribution in [2.45, 2.75) is 38.1 Å². The molecule has 1 aliphatic rings. The van der Waals surface area contributed by atoms with E-state index in [4.69, 9.17) is 0 Å². The molecule has 0 unspecified atom stereocenters. The van der Waals surface area contributed by atoms with Crippen LogP contribution in [-0.4, -0.2) is 32.7 Å². The molecule has 1 aliphatic carbocycles. The summed E-state index contributed by atoms with van der Waals surface area (Å²) in [4.78, 5) is 13.0. The van der Waals surface area contributed by atoms with Crippen LogP contribution in [0.15, 0.2) is 24.5 Å². The van der Waals surface area contributed by atoms with E-state index >= 15 is 0 Å². The van der Waals surface area contributed by atoms with Crippen molar-refractivity contribution in [3.05, 3.63) is 24.5 Å².